The van der Waals surface area contributed by atoms with Crippen molar-refractivity contribution in [2.45, 2.75) is 0 Å². The number of rotatable bonds is 1. The van der Waals surface area contributed by atoms with Crippen LogP contribution < -0.4 is 10.6 Å². The second kappa shape index (κ2) is 7.51. The smallest absolute Gasteiger partial charge is 0.293 e. The van der Waals surface area contributed by atoms with Crippen LogP contribution in [0.15, 0.2) is 37.8 Å². The Labute approximate surface area is 161 Å². The van der Waals surface area contributed by atoms with E-state index >= 15 is 0 Å². The molecule has 0 saturated heterocycles. The Bertz CT molecular complexity index is 935. The maximum Gasteiger partial charge on any atom is 0.293 e. The number of halogens is 4. The number of nitrogens with two attached hydrogens (primary N) is 1. The van der Waals surface area contributed by atoms with E-state index in [4.69, 9.17) is 28.9 Å². The van der Waals surface area contributed by atoms with Crippen LogP contribution in [0.4, 0.5) is 11.4 Å². The molecule has 3 aromatic rings. The number of hydrogen-bond donors (Lipinski definition) is 1. The van der Waals surface area contributed by atoms with Crippen molar-refractivity contribution in [1.29, 1.82) is 0 Å². The fourth-order valence-corrected chi connectivity index (χ4v) is 2.57. The molecule has 3 rings (SSSR count). The van der Waals surface area contributed by atoms with Gasteiger partial charge in [0.1, 0.15) is 5.69 Å². The van der Waals surface area contributed by atoms with Gasteiger partial charge in [-0.25, -0.2) is 0 Å². The Kier molecular flexibility index (Phi) is 5.86. The summed E-state index contributed by atoms with van der Waals surface area (Å²) in [7, 11) is 0. The standard InChI is InChI=1S/C6H2BrClN2O2.C6H4BrClN2O2/c7-3-1-6-5(2-4(3)8)9-12-10(6)11;7-3-1-6(10(11)12)5(9)2-4(3)8/h1-2H;1-2H,9H2. The number of fused-ring (bicyclic) bond motifs is 1. The molecule has 0 unspecified atom stereocenters. The van der Waals surface area contributed by atoms with Gasteiger partial charge in [-0.1, -0.05) is 23.2 Å². The third-order valence-electron chi connectivity index (χ3n) is 2.69. The zero-order valence-electron chi connectivity index (χ0n) is 11.4. The summed E-state index contributed by atoms with van der Waals surface area (Å²) in [6.07, 6.45) is 0. The lowest BCUT2D eigenvalue weighted by Gasteiger charge is -1.99. The van der Waals surface area contributed by atoms with Crippen molar-refractivity contribution in [1.82, 2.24) is 5.16 Å². The summed E-state index contributed by atoms with van der Waals surface area (Å²) in [5.41, 5.74) is 6.06. The van der Waals surface area contributed by atoms with Gasteiger partial charge in [0.05, 0.1) is 15.0 Å². The summed E-state index contributed by atoms with van der Waals surface area (Å²) in [4.78, 5) is 10.1. The number of nitro groups is 1. The number of hydrogen-bond acceptors (Lipinski definition) is 6. The molecule has 0 bridgehead atoms. The van der Waals surface area contributed by atoms with Gasteiger partial charge >= 0.3 is 0 Å². The van der Waals surface area contributed by atoms with Crippen LogP contribution >= 0.6 is 55.1 Å². The lowest BCUT2D eigenvalue weighted by atomic mass is 10.3. The van der Waals surface area contributed by atoms with Crippen LogP contribution in [0.25, 0.3) is 11.0 Å². The normalized spacial score (nSPS) is 10.3. The molecule has 0 amide bonds. The summed E-state index contributed by atoms with van der Waals surface area (Å²) < 4.78 is 5.46. The molecule has 2 N–H and O–H groups in total. The maximum atomic E-state index is 10.9. The van der Waals surface area contributed by atoms with Crippen LogP contribution in [0, 0.1) is 15.3 Å². The van der Waals surface area contributed by atoms with E-state index in [1.807, 2.05) is 0 Å². The topological polar surface area (TPSA) is 122 Å². The molecule has 126 valence electrons. The fraction of sp³-hybridized carbons (Fsp3) is 0. The molecule has 0 atom stereocenters. The van der Waals surface area contributed by atoms with Gasteiger partial charge in [-0.2, -0.15) is 0 Å². The van der Waals surface area contributed by atoms with Crippen LogP contribution in [0.2, 0.25) is 10.0 Å². The van der Waals surface area contributed by atoms with Gasteiger partial charge < -0.3 is 10.9 Å². The largest absolute Gasteiger partial charge is 0.393 e. The molecule has 1 aromatic heterocycles. The molecule has 0 saturated carbocycles. The van der Waals surface area contributed by atoms with E-state index in [2.05, 4.69) is 41.6 Å². The second-order valence-electron chi connectivity index (χ2n) is 4.27. The number of aromatic nitrogens is 2. The van der Waals surface area contributed by atoms with E-state index < -0.39 is 4.92 Å². The zero-order valence-corrected chi connectivity index (χ0v) is 16.1. The van der Waals surface area contributed by atoms with Crippen molar-refractivity contribution < 1.29 is 14.5 Å². The van der Waals surface area contributed by atoms with Crippen molar-refractivity contribution in [2.75, 3.05) is 5.73 Å². The molecule has 2 aromatic carbocycles. The predicted molar refractivity (Wildman–Crippen MR) is 95.9 cm³/mol. The number of anilines is 1. The molecular formula is C12H6Br2Cl2N4O4. The lowest BCUT2D eigenvalue weighted by molar-refractivity contribution is -0.782. The Hall–Kier alpha value is -1.62. The molecule has 8 nitrogen and oxygen atoms in total. The monoisotopic (exact) mass is 498 g/mol. The average Bonchev–Trinajstić information content (AvgIpc) is 2.85. The number of nitrogen functional groups attached to an aromatic ring is 1. The highest BCUT2D eigenvalue weighted by Crippen LogP contribution is 2.32. The van der Waals surface area contributed by atoms with Crippen molar-refractivity contribution in [3.05, 3.63) is 58.6 Å². The predicted octanol–water partition coefficient (Wildman–Crippen LogP) is 4.47. The summed E-state index contributed by atoms with van der Waals surface area (Å²) >= 11 is 17.6. The average molecular weight is 501 g/mol. The van der Waals surface area contributed by atoms with Gasteiger partial charge in [0.25, 0.3) is 5.69 Å². The van der Waals surface area contributed by atoms with E-state index in [1.165, 1.54) is 12.1 Å². The molecule has 0 spiro atoms. The quantitative estimate of drug-likeness (QED) is 0.228. The molecule has 0 radical (unpaired) electrons. The van der Waals surface area contributed by atoms with E-state index in [9.17, 15) is 15.3 Å². The minimum atomic E-state index is -0.559. The molecule has 24 heavy (non-hydrogen) atoms. The summed E-state index contributed by atoms with van der Waals surface area (Å²) in [6.45, 7) is 0. The highest BCUT2D eigenvalue weighted by atomic mass is 79.9. The van der Waals surface area contributed by atoms with Crippen molar-refractivity contribution in [3.63, 3.8) is 0 Å². The zero-order chi connectivity index (χ0) is 18.0. The van der Waals surface area contributed by atoms with E-state index in [0.29, 0.717) is 34.9 Å². The highest BCUT2D eigenvalue weighted by molar-refractivity contribution is 9.10. The molecule has 0 fully saturated rings. The highest BCUT2D eigenvalue weighted by Gasteiger charge is 2.13. The van der Waals surface area contributed by atoms with Crippen molar-refractivity contribution in [2.24, 2.45) is 0 Å². The molecule has 1 heterocycles. The Balaban J connectivity index is 0.000000174. The Morgan fingerprint density at radius 1 is 1.17 bits per heavy atom. The maximum absolute atomic E-state index is 10.9. The first-order chi connectivity index (χ1) is 11.2. The molecule has 12 heteroatoms. The third kappa shape index (κ3) is 4.07. The van der Waals surface area contributed by atoms with Gasteiger partial charge in [0.15, 0.2) is 0 Å². The number of nitro benzene ring substituents is 1. The van der Waals surface area contributed by atoms with Crippen LogP contribution in [0.3, 0.4) is 0 Å². The van der Waals surface area contributed by atoms with Crippen molar-refractivity contribution >= 4 is 77.5 Å². The van der Waals surface area contributed by atoms with Gasteiger partial charge in [0.2, 0.25) is 11.0 Å². The first-order valence-corrected chi connectivity index (χ1v) is 8.28. The molecular weight excluding hydrogens is 495 g/mol. The van der Waals surface area contributed by atoms with E-state index in [1.54, 1.807) is 12.1 Å². The van der Waals surface area contributed by atoms with Crippen LogP contribution in [0.1, 0.15) is 0 Å². The molecule has 0 aliphatic rings. The van der Waals surface area contributed by atoms with Crippen LogP contribution in [-0.2, 0) is 0 Å². The first kappa shape index (κ1) is 18.7. The van der Waals surface area contributed by atoms with E-state index in [0.717, 1.165) is 0 Å². The SMILES string of the molecule is Nc1cc(Cl)c(Br)cc1[N+](=O)[O-].[O-][n+]1onc2cc(Cl)c(Br)cc21. The Morgan fingerprint density at radius 3 is 2.38 bits per heavy atom. The number of benzene rings is 2. The van der Waals surface area contributed by atoms with Crippen molar-refractivity contribution in [3.8, 4) is 0 Å². The minimum Gasteiger partial charge on any atom is -0.393 e. The lowest BCUT2D eigenvalue weighted by Crippen LogP contribution is -2.22. The summed E-state index contributed by atoms with van der Waals surface area (Å²) in [5.74, 6) is 0. The minimum absolute atomic E-state index is 0.0631. The fourth-order valence-electron chi connectivity index (χ4n) is 1.58. The number of nitrogens with zero attached hydrogens (tertiary/aromatic N) is 3. The third-order valence-corrected chi connectivity index (χ3v) is 5.09. The van der Waals surface area contributed by atoms with Gasteiger partial charge in [0, 0.05) is 32.3 Å². The molecule has 0 aliphatic carbocycles. The van der Waals surface area contributed by atoms with Gasteiger partial charge in [-0.15, -0.1) is 0 Å². The van der Waals surface area contributed by atoms with Gasteiger partial charge in [-0.3, -0.25) is 14.7 Å². The summed E-state index contributed by atoms with van der Waals surface area (Å²) in [5, 5.41) is 25.6. The molecule has 0 aliphatic heterocycles. The Morgan fingerprint density at radius 2 is 1.75 bits per heavy atom. The second-order valence-corrected chi connectivity index (χ2v) is 6.79. The van der Waals surface area contributed by atoms with E-state index in [-0.39, 0.29) is 11.4 Å². The first-order valence-electron chi connectivity index (χ1n) is 5.94. The summed E-state index contributed by atoms with van der Waals surface area (Å²) in [6, 6.07) is 5.72. The van der Waals surface area contributed by atoms with Gasteiger partial charge in [-0.05, 0) is 42.8 Å². The van der Waals surface area contributed by atoms with Crippen LogP contribution in [0.5, 0.6) is 0 Å². The van der Waals surface area contributed by atoms with Crippen LogP contribution in [-0.4, -0.2) is 10.1 Å².